The number of nitrogens with one attached hydrogen (secondary N) is 1. The molecule has 0 aromatic heterocycles. The number of carboxylic acid groups (broad SMARTS) is 3. The molecule has 0 spiro atoms. The van der Waals surface area contributed by atoms with E-state index in [-0.39, 0.29) is 19.3 Å². The van der Waals surface area contributed by atoms with Gasteiger partial charge in [-0.05, 0) is 25.8 Å². The SMILES string of the molecule is NCCC[C@H](NC(CCC(=O)O)C(=O)O)C(=O)O. The Hall–Kier alpha value is -1.67. The molecule has 6 N–H and O–H groups in total. The number of rotatable bonds is 10. The van der Waals surface area contributed by atoms with E-state index in [2.05, 4.69) is 5.32 Å². The molecule has 104 valence electrons. The van der Waals surface area contributed by atoms with E-state index in [9.17, 15) is 14.4 Å². The van der Waals surface area contributed by atoms with Crippen LogP contribution in [-0.4, -0.2) is 51.9 Å². The molecule has 0 aliphatic carbocycles. The first-order valence-corrected chi connectivity index (χ1v) is 5.52. The van der Waals surface area contributed by atoms with Crippen LogP contribution in [0.1, 0.15) is 25.7 Å². The van der Waals surface area contributed by atoms with Gasteiger partial charge in [0.05, 0.1) is 0 Å². The number of carboxylic acids is 3. The second kappa shape index (κ2) is 8.43. The Morgan fingerprint density at radius 1 is 1.00 bits per heavy atom. The van der Waals surface area contributed by atoms with Crippen LogP contribution in [0.2, 0.25) is 0 Å². The first kappa shape index (κ1) is 16.3. The summed E-state index contributed by atoms with van der Waals surface area (Å²) in [5, 5.41) is 28.7. The van der Waals surface area contributed by atoms with E-state index in [4.69, 9.17) is 21.1 Å². The minimum absolute atomic E-state index is 0.170. The second-order valence-electron chi connectivity index (χ2n) is 3.81. The molecule has 0 radical (unpaired) electrons. The highest BCUT2D eigenvalue weighted by Gasteiger charge is 2.25. The number of hydrogen-bond donors (Lipinski definition) is 5. The highest BCUT2D eigenvalue weighted by Crippen LogP contribution is 2.04. The molecule has 0 saturated heterocycles. The maximum Gasteiger partial charge on any atom is 0.320 e. The van der Waals surface area contributed by atoms with Crippen LogP contribution >= 0.6 is 0 Å². The van der Waals surface area contributed by atoms with E-state index in [0.29, 0.717) is 13.0 Å². The molecule has 0 aliphatic heterocycles. The largest absolute Gasteiger partial charge is 0.481 e. The third kappa shape index (κ3) is 6.81. The van der Waals surface area contributed by atoms with Gasteiger partial charge in [-0.3, -0.25) is 19.7 Å². The van der Waals surface area contributed by atoms with Crippen molar-refractivity contribution in [1.82, 2.24) is 5.32 Å². The molecule has 0 bridgehead atoms. The first-order valence-electron chi connectivity index (χ1n) is 5.52. The Bertz CT molecular complexity index is 307. The molecule has 0 amide bonds. The predicted molar refractivity (Wildman–Crippen MR) is 61.1 cm³/mol. The molecule has 18 heavy (non-hydrogen) atoms. The molecule has 1 unspecified atom stereocenters. The second-order valence-corrected chi connectivity index (χ2v) is 3.81. The Labute approximate surface area is 104 Å². The van der Waals surface area contributed by atoms with Gasteiger partial charge in [0.15, 0.2) is 0 Å². The molecule has 0 heterocycles. The van der Waals surface area contributed by atoms with Gasteiger partial charge in [-0.2, -0.15) is 0 Å². The molecular formula is C10H18N2O6. The minimum atomic E-state index is -1.27. The smallest absolute Gasteiger partial charge is 0.320 e. The average molecular weight is 262 g/mol. The van der Waals surface area contributed by atoms with E-state index in [1.165, 1.54) is 0 Å². The van der Waals surface area contributed by atoms with Crippen LogP contribution in [-0.2, 0) is 14.4 Å². The zero-order chi connectivity index (χ0) is 14.1. The van der Waals surface area contributed by atoms with Gasteiger partial charge in [0.1, 0.15) is 12.1 Å². The molecule has 0 fully saturated rings. The van der Waals surface area contributed by atoms with Crippen LogP contribution in [0.4, 0.5) is 0 Å². The topological polar surface area (TPSA) is 150 Å². The normalized spacial score (nSPS) is 13.8. The van der Waals surface area contributed by atoms with Crippen molar-refractivity contribution in [2.24, 2.45) is 5.73 Å². The lowest BCUT2D eigenvalue weighted by Gasteiger charge is -2.19. The molecule has 0 aromatic rings. The Kier molecular flexibility index (Phi) is 7.64. The van der Waals surface area contributed by atoms with Crippen LogP contribution in [0.25, 0.3) is 0 Å². The Morgan fingerprint density at radius 3 is 1.89 bits per heavy atom. The molecule has 0 aromatic carbocycles. The lowest BCUT2D eigenvalue weighted by Crippen LogP contribution is -2.47. The highest BCUT2D eigenvalue weighted by molar-refractivity contribution is 5.78. The van der Waals surface area contributed by atoms with Gasteiger partial charge >= 0.3 is 17.9 Å². The summed E-state index contributed by atoms with van der Waals surface area (Å²) in [6.07, 6.45) is 0.127. The van der Waals surface area contributed by atoms with Crippen LogP contribution in [0.3, 0.4) is 0 Å². The van der Waals surface area contributed by atoms with Crippen molar-refractivity contribution in [2.75, 3.05) is 6.54 Å². The fraction of sp³-hybridized carbons (Fsp3) is 0.700. The fourth-order valence-corrected chi connectivity index (χ4v) is 1.39. The molecule has 8 nitrogen and oxygen atoms in total. The van der Waals surface area contributed by atoms with Crippen molar-refractivity contribution in [1.29, 1.82) is 0 Å². The number of nitrogens with two attached hydrogens (primary N) is 1. The van der Waals surface area contributed by atoms with E-state index in [1.54, 1.807) is 0 Å². The summed E-state index contributed by atoms with van der Waals surface area (Å²) in [5.41, 5.74) is 5.25. The van der Waals surface area contributed by atoms with E-state index >= 15 is 0 Å². The van der Waals surface area contributed by atoms with Gasteiger partial charge in [-0.25, -0.2) is 0 Å². The Balaban J connectivity index is 4.45. The lowest BCUT2D eigenvalue weighted by molar-refractivity contribution is -0.143. The van der Waals surface area contributed by atoms with Crippen molar-refractivity contribution in [3.05, 3.63) is 0 Å². The minimum Gasteiger partial charge on any atom is -0.481 e. The van der Waals surface area contributed by atoms with Crippen LogP contribution in [0, 0.1) is 0 Å². The van der Waals surface area contributed by atoms with Crippen LogP contribution in [0.15, 0.2) is 0 Å². The maximum absolute atomic E-state index is 10.9. The summed E-state index contributed by atoms with van der Waals surface area (Å²) in [6.45, 7) is 0.304. The van der Waals surface area contributed by atoms with Gasteiger partial charge < -0.3 is 21.1 Å². The van der Waals surface area contributed by atoms with Gasteiger partial charge in [0, 0.05) is 6.42 Å². The van der Waals surface area contributed by atoms with Crippen LogP contribution in [0.5, 0.6) is 0 Å². The van der Waals surface area contributed by atoms with E-state index in [0.717, 1.165) is 0 Å². The van der Waals surface area contributed by atoms with Crippen molar-refractivity contribution >= 4 is 17.9 Å². The number of carbonyl (C=O) groups is 3. The quantitative estimate of drug-likeness (QED) is 0.339. The van der Waals surface area contributed by atoms with Crippen LogP contribution < -0.4 is 11.1 Å². The van der Waals surface area contributed by atoms with Gasteiger partial charge in [-0.15, -0.1) is 0 Å². The zero-order valence-corrected chi connectivity index (χ0v) is 9.83. The number of aliphatic carboxylic acids is 3. The molecule has 0 aliphatic rings. The van der Waals surface area contributed by atoms with Gasteiger partial charge in [0.25, 0.3) is 0 Å². The highest BCUT2D eigenvalue weighted by atomic mass is 16.4. The van der Waals surface area contributed by atoms with Gasteiger partial charge in [-0.1, -0.05) is 0 Å². The monoisotopic (exact) mass is 262 g/mol. The molecule has 0 rings (SSSR count). The number of hydrogen-bond acceptors (Lipinski definition) is 5. The lowest BCUT2D eigenvalue weighted by atomic mass is 10.1. The van der Waals surface area contributed by atoms with Crippen molar-refractivity contribution in [3.8, 4) is 0 Å². The standard InChI is InChI=1S/C10H18N2O6/c11-5-1-2-6(9(15)16)12-7(10(17)18)3-4-8(13)14/h6-7,12H,1-5,11H2,(H,13,14)(H,15,16)(H,17,18)/t6-,7?/m0/s1. The van der Waals surface area contributed by atoms with Gasteiger partial charge in [0.2, 0.25) is 0 Å². The summed E-state index contributed by atoms with van der Waals surface area (Å²) in [5.74, 6) is -3.57. The molecule has 2 atom stereocenters. The third-order valence-corrected chi connectivity index (χ3v) is 2.34. The molecule has 8 heteroatoms. The van der Waals surface area contributed by atoms with Crippen molar-refractivity contribution in [3.63, 3.8) is 0 Å². The van der Waals surface area contributed by atoms with Crippen molar-refractivity contribution < 1.29 is 29.7 Å². The third-order valence-electron chi connectivity index (χ3n) is 2.34. The maximum atomic E-state index is 10.9. The average Bonchev–Trinajstić information content (AvgIpc) is 2.26. The van der Waals surface area contributed by atoms with E-state index < -0.39 is 30.0 Å². The van der Waals surface area contributed by atoms with Crippen molar-refractivity contribution in [2.45, 2.75) is 37.8 Å². The predicted octanol–water partition coefficient (Wildman–Crippen LogP) is -0.914. The molecular weight excluding hydrogens is 244 g/mol. The first-order chi connectivity index (χ1) is 8.38. The Morgan fingerprint density at radius 2 is 1.50 bits per heavy atom. The van der Waals surface area contributed by atoms with E-state index in [1.807, 2.05) is 0 Å². The zero-order valence-electron chi connectivity index (χ0n) is 9.83. The summed E-state index contributed by atoms with van der Waals surface area (Å²) in [6, 6.07) is -2.23. The summed E-state index contributed by atoms with van der Waals surface area (Å²) in [7, 11) is 0. The fourth-order valence-electron chi connectivity index (χ4n) is 1.39. The summed E-state index contributed by atoms with van der Waals surface area (Å²) in [4.78, 5) is 32.1. The molecule has 0 saturated carbocycles. The summed E-state index contributed by atoms with van der Waals surface area (Å²) >= 11 is 0. The summed E-state index contributed by atoms with van der Waals surface area (Å²) < 4.78 is 0.